The predicted molar refractivity (Wildman–Crippen MR) is 120 cm³/mol. The second-order valence-corrected chi connectivity index (χ2v) is 10.0. The summed E-state index contributed by atoms with van der Waals surface area (Å²) in [5.41, 5.74) is 0.924. The first-order valence-electron chi connectivity index (χ1n) is 9.59. The van der Waals surface area contributed by atoms with Crippen LogP contribution in [0.2, 0.25) is 0 Å². The van der Waals surface area contributed by atoms with Crippen molar-refractivity contribution in [3.8, 4) is 11.3 Å². The number of carbonyl (C=O) groups excluding carboxylic acids is 2. The molecule has 0 bridgehead atoms. The summed E-state index contributed by atoms with van der Waals surface area (Å²) in [7, 11) is -0.634. The molecule has 0 spiro atoms. The standard InChI is InChI=1S/C21H20F2N4O4S2/c1-27(2)33(30,31)15-6-3-13(4-7-15)18-12-32-21(25-18)26-19(28)9-10-24-20(29)16-8-5-14(22)11-17(16)23/h3-8,11-12H,9-10H2,1-2H3,(H,24,29)(H,25,26,28). The van der Waals surface area contributed by atoms with Gasteiger partial charge >= 0.3 is 0 Å². The molecule has 2 aromatic carbocycles. The van der Waals surface area contributed by atoms with Gasteiger partial charge in [0.05, 0.1) is 16.2 Å². The van der Waals surface area contributed by atoms with Gasteiger partial charge in [-0.2, -0.15) is 0 Å². The molecule has 0 radical (unpaired) electrons. The van der Waals surface area contributed by atoms with E-state index < -0.39 is 33.5 Å². The number of carbonyl (C=O) groups is 2. The topological polar surface area (TPSA) is 108 Å². The summed E-state index contributed by atoms with van der Waals surface area (Å²) in [6.07, 6.45) is -0.0828. The summed E-state index contributed by atoms with van der Waals surface area (Å²) in [6.45, 7) is -0.0540. The number of aromatic nitrogens is 1. The van der Waals surface area contributed by atoms with Gasteiger partial charge in [0.25, 0.3) is 5.91 Å². The van der Waals surface area contributed by atoms with E-state index in [-0.39, 0.29) is 23.4 Å². The van der Waals surface area contributed by atoms with Gasteiger partial charge in [0.1, 0.15) is 11.6 Å². The van der Waals surface area contributed by atoms with Crippen molar-refractivity contribution in [3.05, 3.63) is 65.0 Å². The Hall–Kier alpha value is -3.22. The number of nitrogens with one attached hydrogen (secondary N) is 2. The van der Waals surface area contributed by atoms with Crippen molar-refractivity contribution < 1.29 is 26.8 Å². The second-order valence-electron chi connectivity index (χ2n) is 7.03. The Morgan fingerprint density at radius 1 is 1.09 bits per heavy atom. The first kappa shape index (κ1) is 24.4. The first-order valence-corrected chi connectivity index (χ1v) is 11.9. The maximum absolute atomic E-state index is 13.6. The number of hydrogen-bond donors (Lipinski definition) is 2. The van der Waals surface area contributed by atoms with Crippen molar-refractivity contribution in [2.75, 3.05) is 26.0 Å². The van der Waals surface area contributed by atoms with Crippen LogP contribution in [0.5, 0.6) is 0 Å². The molecule has 2 amide bonds. The normalized spacial score (nSPS) is 11.4. The Morgan fingerprint density at radius 3 is 2.42 bits per heavy atom. The molecule has 0 saturated heterocycles. The summed E-state index contributed by atoms with van der Waals surface area (Å²) >= 11 is 1.19. The Morgan fingerprint density at radius 2 is 1.79 bits per heavy atom. The lowest BCUT2D eigenvalue weighted by molar-refractivity contribution is -0.116. The SMILES string of the molecule is CN(C)S(=O)(=O)c1ccc(-c2csc(NC(=O)CCNC(=O)c3ccc(F)cc3F)n2)cc1. The van der Waals surface area contributed by atoms with Crippen molar-refractivity contribution in [1.29, 1.82) is 0 Å². The van der Waals surface area contributed by atoms with Gasteiger partial charge in [0.15, 0.2) is 5.13 Å². The number of benzene rings is 2. The molecule has 0 unspecified atom stereocenters. The molecule has 0 saturated carbocycles. The minimum absolute atomic E-state index is 0.0540. The zero-order valence-corrected chi connectivity index (χ0v) is 19.3. The van der Waals surface area contributed by atoms with Crippen LogP contribution in [0.1, 0.15) is 16.8 Å². The van der Waals surface area contributed by atoms with E-state index in [9.17, 15) is 26.8 Å². The number of anilines is 1. The zero-order chi connectivity index (χ0) is 24.2. The quantitative estimate of drug-likeness (QED) is 0.500. The average Bonchev–Trinajstić information content (AvgIpc) is 3.22. The molecule has 8 nitrogen and oxygen atoms in total. The van der Waals surface area contributed by atoms with Gasteiger partial charge in [-0.25, -0.2) is 26.5 Å². The van der Waals surface area contributed by atoms with Crippen LogP contribution in [0.3, 0.4) is 0 Å². The van der Waals surface area contributed by atoms with Crippen molar-refractivity contribution in [3.63, 3.8) is 0 Å². The number of amides is 2. The minimum Gasteiger partial charge on any atom is -0.351 e. The van der Waals surface area contributed by atoms with Crippen LogP contribution in [0.4, 0.5) is 13.9 Å². The smallest absolute Gasteiger partial charge is 0.254 e. The fourth-order valence-electron chi connectivity index (χ4n) is 2.71. The van der Waals surface area contributed by atoms with Crippen LogP contribution in [-0.4, -0.2) is 50.2 Å². The molecule has 1 heterocycles. The highest BCUT2D eigenvalue weighted by molar-refractivity contribution is 7.89. The lowest BCUT2D eigenvalue weighted by atomic mass is 10.2. The van der Waals surface area contributed by atoms with Gasteiger partial charge in [-0.15, -0.1) is 11.3 Å². The molecule has 0 atom stereocenters. The summed E-state index contributed by atoms with van der Waals surface area (Å²) in [6, 6.07) is 8.82. The van der Waals surface area contributed by atoms with Crippen molar-refractivity contribution >= 4 is 38.3 Å². The van der Waals surface area contributed by atoms with E-state index in [4.69, 9.17) is 0 Å². The molecule has 12 heteroatoms. The van der Waals surface area contributed by atoms with Crippen LogP contribution < -0.4 is 10.6 Å². The number of sulfonamides is 1. The number of hydrogen-bond acceptors (Lipinski definition) is 6. The molecule has 3 aromatic rings. The van der Waals surface area contributed by atoms with Gasteiger partial charge in [-0.05, 0) is 24.3 Å². The highest BCUT2D eigenvalue weighted by Gasteiger charge is 2.17. The molecular formula is C21H20F2N4O4S2. The molecule has 33 heavy (non-hydrogen) atoms. The number of rotatable bonds is 8. The van der Waals surface area contributed by atoms with Gasteiger partial charge in [-0.3, -0.25) is 9.59 Å². The molecule has 0 aliphatic rings. The predicted octanol–water partition coefficient (Wildman–Crippen LogP) is 3.10. The summed E-state index contributed by atoms with van der Waals surface area (Å²) in [5.74, 6) is -2.94. The van der Waals surface area contributed by atoms with E-state index >= 15 is 0 Å². The number of nitrogens with zero attached hydrogens (tertiary/aromatic N) is 2. The van der Waals surface area contributed by atoms with Crippen LogP contribution in [-0.2, 0) is 14.8 Å². The van der Waals surface area contributed by atoms with E-state index in [1.807, 2.05) is 0 Å². The van der Waals surface area contributed by atoms with Crippen LogP contribution in [0, 0.1) is 11.6 Å². The van der Waals surface area contributed by atoms with Crippen LogP contribution in [0.25, 0.3) is 11.3 Å². The first-order chi connectivity index (χ1) is 15.6. The molecule has 2 N–H and O–H groups in total. The summed E-state index contributed by atoms with van der Waals surface area (Å²) in [5, 5.41) is 7.05. The highest BCUT2D eigenvalue weighted by atomic mass is 32.2. The molecule has 0 fully saturated rings. The molecular weight excluding hydrogens is 474 g/mol. The fraction of sp³-hybridized carbons (Fsp3) is 0.190. The molecule has 3 rings (SSSR count). The minimum atomic E-state index is -3.53. The third-order valence-electron chi connectivity index (χ3n) is 4.49. The maximum atomic E-state index is 13.6. The zero-order valence-electron chi connectivity index (χ0n) is 17.6. The molecule has 1 aromatic heterocycles. The van der Waals surface area contributed by atoms with E-state index in [0.717, 1.165) is 16.4 Å². The third-order valence-corrected chi connectivity index (χ3v) is 7.08. The summed E-state index contributed by atoms with van der Waals surface area (Å²) < 4.78 is 52.0. The summed E-state index contributed by atoms with van der Waals surface area (Å²) in [4.78, 5) is 28.5. The van der Waals surface area contributed by atoms with E-state index in [1.54, 1.807) is 17.5 Å². The number of halogens is 2. The number of thiazole rings is 1. The van der Waals surface area contributed by atoms with Gasteiger partial charge in [0.2, 0.25) is 15.9 Å². The maximum Gasteiger partial charge on any atom is 0.254 e. The van der Waals surface area contributed by atoms with Gasteiger partial charge in [-0.1, -0.05) is 12.1 Å². The largest absolute Gasteiger partial charge is 0.351 e. The van der Waals surface area contributed by atoms with Crippen LogP contribution in [0.15, 0.2) is 52.7 Å². The molecule has 0 aliphatic carbocycles. The van der Waals surface area contributed by atoms with Gasteiger partial charge < -0.3 is 10.6 Å². The Kier molecular flexibility index (Phi) is 7.51. The lowest BCUT2D eigenvalue weighted by Crippen LogP contribution is -2.28. The monoisotopic (exact) mass is 494 g/mol. The second kappa shape index (κ2) is 10.1. The molecule has 0 aliphatic heterocycles. The van der Waals surface area contributed by atoms with E-state index in [2.05, 4.69) is 15.6 Å². The lowest BCUT2D eigenvalue weighted by Gasteiger charge is -2.11. The Balaban J connectivity index is 1.54. The van der Waals surface area contributed by atoms with Crippen molar-refractivity contribution in [1.82, 2.24) is 14.6 Å². The van der Waals surface area contributed by atoms with Crippen LogP contribution >= 0.6 is 11.3 Å². The third kappa shape index (κ3) is 5.97. The Labute approximate surface area is 193 Å². The van der Waals surface area contributed by atoms with Crippen molar-refractivity contribution in [2.45, 2.75) is 11.3 Å². The van der Waals surface area contributed by atoms with E-state index in [0.29, 0.717) is 22.5 Å². The molecule has 174 valence electrons. The highest BCUT2D eigenvalue weighted by Crippen LogP contribution is 2.26. The van der Waals surface area contributed by atoms with E-state index in [1.165, 1.54) is 37.6 Å². The average molecular weight is 495 g/mol. The van der Waals surface area contributed by atoms with Gasteiger partial charge in [0, 0.05) is 44.1 Å². The van der Waals surface area contributed by atoms with Crippen molar-refractivity contribution in [2.24, 2.45) is 0 Å². The fourth-order valence-corrected chi connectivity index (χ4v) is 4.35. The Bertz CT molecular complexity index is 1280.